The molecular weight excluding hydrogens is 268 g/mol. The first-order chi connectivity index (χ1) is 8.93. The highest BCUT2D eigenvalue weighted by Crippen LogP contribution is 2.06. The van der Waals surface area contributed by atoms with Gasteiger partial charge >= 0.3 is 0 Å². The normalized spacial score (nSPS) is 18.4. The summed E-state index contributed by atoms with van der Waals surface area (Å²) in [4.78, 5) is 13.7. The number of carbonyl (C=O) groups is 1. The van der Waals surface area contributed by atoms with Crippen molar-refractivity contribution in [2.24, 2.45) is 5.73 Å². The Balaban J connectivity index is 2.18. The molecule has 0 saturated carbocycles. The van der Waals surface area contributed by atoms with Crippen molar-refractivity contribution >= 4 is 15.9 Å². The van der Waals surface area contributed by atoms with Crippen molar-refractivity contribution < 1.29 is 13.2 Å². The lowest BCUT2D eigenvalue weighted by molar-refractivity contribution is -0.122. The minimum absolute atomic E-state index is 0.0859. The smallest absolute Gasteiger partial charge is 0.234 e. The van der Waals surface area contributed by atoms with E-state index in [0.29, 0.717) is 13.1 Å². The molecule has 0 atom stereocenters. The first-order valence-electron chi connectivity index (χ1n) is 6.65. The molecule has 0 unspecified atom stereocenters. The zero-order valence-electron chi connectivity index (χ0n) is 11.4. The summed E-state index contributed by atoms with van der Waals surface area (Å²) in [6.07, 6.45) is 1.81. The molecule has 0 aromatic rings. The Morgan fingerprint density at radius 1 is 1.37 bits per heavy atom. The number of carbonyl (C=O) groups excluding carboxylic acids is 1. The molecule has 112 valence electrons. The van der Waals surface area contributed by atoms with E-state index in [4.69, 9.17) is 5.73 Å². The average Bonchev–Trinajstić information content (AvgIpc) is 2.31. The summed E-state index contributed by atoms with van der Waals surface area (Å²) >= 11 is 0. The Morgan fingerprint density at radius 2 is 2.00 bits per heavy atom. The van der Waals surface area contributed by atoms with Gasteiger partial charge in [0.1, 0.15) is 0 Å². The van der Waals surface area contributed by atoms with Crippen LogP contribution in [0.2, 0.25) is 0 Å². The predicted octanol–water partition coefficient (Wildman–Crippen LogP) is -1.53. The number of sulfonamides is 1. The largest absolute Gasteiger partial charge is 0.354 e. The number of likely N-dealkylation sites (tertiary alicyclic amines) is 1. The molecule has 7 nitrogen and oxygen atoms in total. The zero-order chi connectivity index (χ0) is 14.3. The topological polar surface area (TPSA) is 105 Å². The van der Waals surface area contributed by atoms with Crippen LogP contribution in [-0.2, 0) is 14.8 Å². The number of nitrogens with one attached hydrogen (secondary N) is 2. The molecule has 1 rings (SSSR count). The molecule has 19 heavy (non-hydrogen) atoms. The second-order valence-electron chi connectivity index (χ2n) is 4.78. The van der Waals surface area contributed by atoms with Gasteiger partial charge < -0.3 is 11.1 Å². The van der Waals surface area contributed by atoms with Crippen LogP contribution >= 0.6 is 0 Å². The van der Waals surface area contributed by atoms with Gasteiger partial charge in [0.25, 0.3) is 0 Å². The molecule has 1 aliphatic heterocycles. The van der Waals surface area contributed by atoms with Crippen LogP contribution < -0.4 is 15.8 Å². The van der Waals surface area contributed by atoms with Gasteiger partial charge in [0.15, 0.2) is 0 Å². The van der Waals surface area contributed by atoms with Crippen molar-refractivity contribution in [3.8, 4) is 0 Å². The van der Waals surface area contributed by atoms with Crippen LogP contribution in [0, 0.1) is 0 Å². The zero-order valence-corrected chi connectivity index (χ0v) is 12.2. The van der Waals surface area contributed by atoms with Crippen LogP contribution in [0.15, 0.2) is 0 Å². The molecule has 0 spiro atoms. The molecule has 1 aliphatic rings. The van der Waals surface area contributed by atoms with Gasteiger partial charge in [-0.3, -0.25) is 9.69 Å². The number of amides is 1. The van der Waals surface area contributed by atoms with Crippen LogP contribution in [0.25, 0.3) is 0 Å². The van der Waals surface area contributed by atoms with Gasteiger partial charge in [-0.05, 0) is 12.8 Å². The van der Waals surface area contributed by atoms with Crippen LogP contribution in [-0.4, -0.2) is 63.7 Å². The summed E-state index contributed by atoms with van der Waals surface area (Å²) in [7, 11) is -3.26. The highest BCUT2D eigenvalue weighted by Gasteiger charge is 2.18. The molecule has 0 radical (unpaired) electrons. The van der Waals surface area contributed by atoms with Crippen molar-refractivity contribution in [3.05, 3.63) is 0 Å². The van der Waals surface area contributed by atoms with Crippen LogP contribution in [0.1, 0.15) is 19.8 Å². The van der Waals surface area contributed by atoms with Crippen molar-refractivity contribution in [3.63, 3.8) is 0 Å². The van der Waals surface area contributed by atoms with Crippen molar-refractivity contribution in [2.75, 3.05) is 38.5 Å². The van der Waals surface area contributed by atoms with E-state index in [9.17, 15) is 13.2 Å². The fourth-order valence-electron chi connectivity index (χ4n) is 1.99. The number of hydrogen-bond acceptors (Lipinski definition) is 5. The lowest BCUT2D eigenvalue weighted by atomic mass is 10.1. The number of hydrogen-bond donors (Lipinski definition) is 3. The van der Waals surface area contributed by atoms with Crippen molar-refractivity contribution in [2.45, 2.75) is 25.8 Å². The lowest BCUT2D eigenvalue weighted by Gasteiger charge is -2.29. The van der Waals surface area contributed by atoms with Gasteiger partial charge in [-0.1, -0.05) is 6.92 Å². The number of nitrogens with two attached hydrogens (primary N) is 1. The Morgan fingerprint density at radius 3 is 2.58 bits per heavy atom. The molecular formula is C11H24N4O3S. The van der Waals surface area contributed by atoms with Gasteiger partial charge in [-0.2, -0.15) is 0 Å². The van der Waals surface area contributed by atoms with Gasteiger partial charge in [0.2, 0.25) is 15.9 Å². The minimum Gasteiger partial charge on any atom is -0.354 e. The summed E-state index contributed by atoms with van der Waals surface area (Å²) in [5.41, 5.74) is 5.78. The third-order valence-electron chi connectivity index (χ3n) is 3.06. The van der Waals surface area contributed by atoms with Gasteiger partial charge in [-0.15, -0.1) is 0 Å². The fraction of sp³-hybridized carbons (Fsp3) is 0.909. The van der Waals surface area contributed by atoms with Crippen molar-refractivity contribution in [1.29, 1.82) is 0 Å². The Kier molecular flexibility index (Phi) is 6.70. The third kappa shape index (κ3) is 6.86. The molecule has 0 aliphatic carbocycles. The molecule has 1 amide bonds. The fourth-order valence-corrected chi connectivity index (χ4v) is 2.94. The maximum absolute atomic E-state index is 11.6. The highest BCUT2D eigenvalue weighted by atomic mass is 32.2. The van der Waals surface area contributed by atoms with E-state index in [1.165, 1.54) is 0 Å². The summed E-state index contributed by atoms with van der Waals surface area (Å²) < 4.78 is 25.1. The maximum atomic E-state index is 11.6. The van der Waals surface area contributed by atoms with E-state index in [2.05, 4.69) is 10.0 Å². The first kappa shape index (κ1) is 16.4. The Bertz CT molecular complexity index is 377. The Labute approximate surface area is 115 Å². The van der Waals surface area contributed by atoms with E-state index >= 15 is 0 Å². The molecule has 1 saturated heterocycles. The summed E-state index contributed by atoms with van der Waals surface area (Å²) in [6, 6.07) is 0.240. The van der Waals surface area contributed by atoms with Crippen LogP contribution in [0.4, 0.5) is 0 Å². The number of rotatable bonds is 7. The average molecular weight is 292 g/mol. The Hall–Kier alpha value is -0.700. The van der Waals surface area contributed by atoms with E-state index in [-0.39, 0.29) is 24.2 Å². The summed E-state index contributed by atoms with van der Waals surface area (Å²) in [5.74, 6) is -0.223. The van der Waals surface area contributed by atoms with Gasteiger partial charge in [-0.25, -0.2) is 13.1 Å². The molecule has 4 N–H and O–H groups in total. The number of piperidine rings is 1. The third-order valence-corrected chi connectivity index (χ3v) is 4.53. The highest BCUT2D eigenvalue weighted by molar-refractivity contribution is 7.89. The van der Waals surface area contributed by atoms with Crippen LogP contribution in [0.5, 0.6) is 0 Å². The van der Waals surface area contributed by atoms with E-state index in [0.717, 1.165) is 25.9 Å². The van der Waals surface area contributed by atoms with Crippen molar-refractivity contribution in [1.82, 2.24) is 14.9 Å². The monoisotopic (exact) mass is 292 g/mol. The SMILES string of the molecule is CCNS(=O)(=O)CCNC(=O)CN1CCC(N)CC1. The van der Waals surface area contributed by atoms with Crippen LogP contribution in [0.3, 0.4) is 0 Å². The molecule has 0 aromatic carbocycles. The second-order valence-corrected chi connectivity index (χ2v) is 6.71. The van der Waals surface area contributed by atoms with Gasteiger partial charge in [0.05, 0.1) is 12.3 Å². The molecule has 0 bridgehead atoms. The molecule has 1 heterocycles. The summed E-state index contributed by atoms with van der Waals surface area (Å²) in [5, 5.41) is 2.62. The quantitative estimate of drug-likeness (QED) is 0.528. The maximum Gasteiger partial charge on any atom is 0.234 e. The second kappa shape index (κ2) is 7.78. The van der Waals surface area contributed by atoms with E-state index < -0.39 is 10.0 Å². The summed E-state index contributed by atoms with van der Waals surface area (Å²) in [6.45, 7) is 4.19. The first-order valence-corrected chi connectivity index (χ1v) is 8.30. The van der Waals surface area contributed by atoms with Gasteiger partial charge in [0, 0.05) is 32.2 Å². The molecule has 8 heteroatoms. The number of nitrogens with zero attached hydrogens (tertiary/aromatic N) is 1. The van der Waals surface area contributed by atoms with E-state index in [1.54, 1.807) is 6.92 Å². The standard InChI is InChI=1S/C11H24N4O3S/c1-2-14-19(17,18)8-5-13-11(16)9-15-6-3-10(12)4-7-15/h10,14H,2-9,12H2,1H3,(H,13,16). The predicted molar refractivity (Wildman–Crippen MR) is 74.1 cm³/mol. The lowest BCUT2D eigenvalue weighted by Crippen LogP contribution is -2.45. The molecule has 1 fully saturated rings. The minimum atomic E-state index is -3.26. The molecule has 0 aromatic heterocycles. The van der Waals surface area contributed by atoms with E-state index in [1.807, 2.05) is 4.90 Å².